The Bertz CT molecular complexity index is 276. The summed E-state index contributed by atoms with van der Waals surface area (Å²) in [6.45, 7) is 3.22. The van der Waals surface area contributed by atoms with Gasteiger partial charge in [0.1, 0.15) is 12.2 Å². The lowest BCUT2D eigenvalue weighted by Gasteiger charge is -2.10. The van der Waals surface area contributed by atoms with Crippen molar-refractivity contribution in [3.63, 3.8) is 0 Å². The lowest BCUT2D eigenvalue weighted by Crippen LogP contribution is -2.32. The molecule has 1 aromatic rings. The van der Waals surface area contributed by atoms with Crippen molar-refractivity contribution < 1.29 is 0 Å². The second kappa shape index (κ2) is 4.52. The van der Waals surface area contributed by atoms with Gasteiger partial charge in [-0.1, -0.05) is 0 Å². The highest BCUT2D eigenvalue weighted by atomic mass is 15.2. The van der Waals surface area contributed by atoms with Gasteiger partial charge in [-0.3, -0.25) is 0 Å². The summed E-state index contributed by atoms with van der Waals surface area (Å²) in [5.41, 5.74) is 0. The monoisotopic (exact) mass is 195 g/mol. The van der Waals surface area contributed by atoms with Crippen LogP contribution in [0.2, 0.25) is 0 Å². The van der Waals surface area contributed by atoms with E-state index in [9.17, 15) is 0 Å². The first-order valence-electron chi connectivity index (χ1n) is 5.13. The Balaban J connectivity index is 1.70. The molecule has 0 radical (unpaired) electrons. The van der Waals surface area contributed by atoms with Crippen molar-refractivity contribution in [1.82, 2.24) is 25.4 Å². The smallest absolute Gasteiger partial charge is 0.133 e. The number of hydrogen-bond donors (Lipinski definition) is 2. The number of aryl methyl sites for hydroxylation is 1. The summed E-state index contributed by atoms with van der Waals surface area (Å²) < 4.78 is 1.97. The summed E-state index contributed by atoms with van der Waals surface area (Å²) in [6.07, 6.45) is 3.93. The number of hydrogen-bond acceptors (Lipinski definition) is 4. The first-order valence-corrected chi connectivity index (χ1v) is 5.13. The highest BCUT2D eigenvalue weighted by Crippen LogP contribution is 1.97. The van der Waals surface area contributed by atoms with E-state index in [0.717, 1.165) is 31.9 Å². The Morgan fingerprint density at radius 2 is 2.64 bits per heavy atom. The molecule has 0 aromatic carbocycles. The molecule has 1 fully saturated rings. The van der Waals surface area contributed by atoms with Gasteiger partial charge < -0.3 is 15.2 Å². The number of aromatic nitrogens is 3. The highest BCUT2D eigenvalue weighted by molar-refractivity contribution is 4.86. The standard InChI is InChI=1S/C9H17N5/c1-14-7-12-13-9(14)3-5-11-8-2-4-10-6-8/h7-8,10-11H,2-6H2,1H3. The molecular formula is C9H17N5. The average Bonchev–Trinajstić information content (AvgIpc) is 2.78. The average molecular weight is 195 g/mol. The number of nitrogens with zero attached hydrogens (tertiary/aromatic N) is 3. The molecule has 0 bridgehead atoms. The van der Waals surface area contributed by atoms with E-state index in [0.29, 0.717) is 6.04 Å². The molecule has 1 unspecified atom stereocenters. The summed E-state index contributed by atoms with van der Waals surface area (Å²) in [4.78, 5) is 0. The molecule has 1 aliphatic rings. The first kappa shape index (κ1) is 9.61. The number of rotatable bonds is 4. The fraction of sp³-hybridized carbons (Fsp3) is 0.778. The van der Waals surface area contributed by atoms with Crippen molar-refractivity contribution in [3.8, 4) is 0 Å². The SMILES string of the molecule is Cn1cnnc1CCNC1CCNC1. The Morgan fingerprint density at radius 3 is 3.29 bits per heavy atom. The topological polar surface area (TPSA) is 54.8 Å². The van der Waals surface area contributed by atoms with Crippen LogP contribution in [0.1, 0.15) is 12.2 Å². The molecule has 2 heterocycles. The fourth-order valence-electron chi connectivity index (χ4n) is 1.75. The van der Waals surface area contributed by atoms with E-state index in [1.807, 2.05) is 11.6 Å². The van der Waals surface area contributed by atoms with E-state index < -0.39 is 0 Å². The zero-order valence-corrected chi connectivity index (χ0v) is 8.53. The zero-order chi connectivity index (χ0) is 9.80. The van der Waals surface area contributed by atoms with Crippen molar-refractivity contribution in [2.75, 3.05) is 19.6 Å². The third-order valence-electron chi connectivity index (χ3n) is 2.65. The van der Waals surface area contributed by atoms with Crippen LogP contribution in [0.15, 0.2) is 6.33 Å². The molecule has 0 amide bonds. The largest absolute Gasteiger partial charge is 0.321 e. The van der Waals surface area contributed by atoms with Crippen LogP contribution in [-0.2, 0) is 13.5 Å². The minimum absolute atomic E-state index is 0.642. The van der Waals surface area contributed by atoms with Crippen LogP contribution in [0.25, 0.3) is 0 Å². The Labute approximate surface area is 83.9 Å². The molecule has 1 atom stereocenters. The molecule has 14 heavy (non-hydrogen) atoms. The van der Waals surface area contributed by atoms with Gasteiger partial charge in [-0.05, 0) is 13.0 Å². The second-order valence-electron chi connectivity index (χ2n) is 3.75. The molecule has 2 N–H and O–H groups in total. The van der Waals surface area contributed by atoms with Crippen LogP contribution in [0, 0.1) is 0 Å². The van der Waals surface area contributed by atoms with Crippen LogP contribution in [0.4, 0.5) is 0 Å². The molecule has 1 aromatic heterocycles. The maximum absolute atomic E-state index is 4.04. The normalized spacial score (nSPS) is 21.6. The van der Waals surface area contributed by atoms with Gasteiger partial charge in [-0.2, -0.15) is 0 Å². The van der Waals surface area contributed by atoms with Crippen LogP contribution >= 0.6 is 0 Å². The molecular weight excluding hydrogens is 178 g/mol. The van der Waals surface area contributed by atoms with Crippen molar-refractivity contribution in [2.45, 2.75) is 18.9 Å². The van der Waals surface area contributed by atoms with E-state index in [1.165, 1.54) is 6.42 Å². The van der Waals surface area contributed by atoms with Crippen molar-refractivity contribution in [2.24, 2.45) is 7.05 Å². The van der Waals surface area contributed by atoms with Gasteiger partial charge in [-0.25, -0.2) is 0 Å². The Kier molecular flexibility index (Phi) is 3.10. The summed E-state index contributed by atoms with van der Waals surface area (Å²) in [6, 6.07) is 0.642. The maximum atomic E-state index is 4.04. The van der Waals surface area contributed by atoms with Crippen molar-refractivity contribution in [3.05, 3.63) is 12.2 Å². The third kappa shape index (κ3) is 2.30. The molecule has 78 valence electrons. The minimum Gasteiger partial charge on any atom is -0.321 e. The van der Waals surface area contributed by atoms with Gasteiger partial charge in [0.25, 0.3) is 0 Å². The predicted molar refractivity (Wildman–Crippen MR) is 54.0 cm³/mol. The molecule has 0 aliphatic carbocycles. The van der Waals surface area contributed by atoms with Gasteiger partial charge in [0.15, 0.2) is 0 Å². The maximum Gasteiger partial charge on any atom is 0.133 e. The van der Waals surface area contributed by atoms with Gasteiger partial charge >= 0.3 is 0 Å². The second-order valence-corrected chi connectivity index (χ2v) is 3.75. The molecule has 5 heteroatoms. The van der Waals surface area contributed by atoms with Gasteiger partial charge in [0.05, 0.1) is 0 Å². The van der Waals surface area contributed by atoms with E-state index >= 15 is 0 Å². The number of nitrogens with one attached hydrogen (secondary N) is 2. The molecule has 1 aliphatic heterocycles. The third-order valence-corrected chi connectivity index (χ3v) is 2.65. The summed E-state index contributed by atoms with van der Waals surface area (Å²) in [5, 5.41) is 14.7. The highest BCUT2D eigenvalue weighted by Gasteiger charge is 2.13. The Morgan fingerprint density at radius 1 is 1.71 bits per heavy atom. The van der Waals surface area contributed by atoms with Crippen LogP contribution in [0.3, 0.4) is 0 Å². The van der Waals surface area contributed by atoms with Gasteiger partial charge in [0, 0.05) is 32.6 Å². The molecule has 5 nitrogen and oxygen atoms in total. The zero-order valence-electron chi connectivity index (χ0n) is 8.53. The van der Waals surface area contributed by atoms with Crippen molar-refractivity contribution in [1.29, 1.82) is 0 Å². The Hall–Kier alpha value is -0.940. The lowest BCUT2D eigenvalue weighted by atomic mass is 10.2. The summed E-state index contributed by atoms with van der Waals surface area (Å²) in [7, 11) is 1.98. The van der Waals surface area contributed by atoms with Crippen molar-refractivity contribution >= 4 is 0 Å². The van der Waals surface area contributed by atoms with E-state index in [-0.39, 0.29) is 0 Å². The fourth-order valence-corrected chi connectivity index (χ4v) is 1.75. The summed E-state index contributed by atoms with van der Waals surface area (Å²) >= 11 is 0. The minimum atomic E-state index is 0.642. The van der Waals surface area contributed by atoms with Gasteiger partial charge in [0.2, 0.25) is 0 Å². The van der Waals surface area contributed by atoms with Crippen LogP contribution < -0.4 is 10.6 Å². The van der Waals surface area contributed by atoms with E-state index in [2.05, 4.69) is 20.8 Å². The molecule has 2 rings (SSSR count). The predicted octanol–water partition coefficient (Wildman–Crippen LogP) is -0.691. The quantitative estimate of drug-likeness (QED) is 0.667. The summed E-state index contributed by atoms with van der Waals surface area (Å²) in [5.74, 6) is 1.04. The molecule has 0 spiro atoms. The molecule has 1 saturated heterocycles. The van der Waals surface area contributed by atoms with E-state index in [4.69, 9.17) is 0 Å². The lowest BCUT2D eigenvalue weighted by molar-refractivity contribution is 0.541. The first-order chi connectivity index (χ1) is 6.86. The van der Waals surface area contributed by atoms with E-state index in [1.54, 1.807) is 6.33 Å². The molecule has 0 saturated carbocycles. The van der Waals surface area contributed by atoms with Gasteiger partial charge in [-0.15, -0.1) is 10.2 Å². The van der Waals surface area contributed by atoms with Crippen LogP contribution in [-0.4, -0.2) is 40.4 Å². The van der Waals surface area contributed by atoms with Crippen LogP contribution in [0.5, 0.6) is 0 Å².